The van der Waals surface area contributed by atoms with Gasteiger partial charge in [0.2, 0.25) is 0 Å². The van der Waals surface area contributed by atoms with E-state index in [1.807, 2.05) is 54.6 Å². The number of likely N-dealkylation sites (tertiary alicyclic amines) is 1. The number of amides is 1. The summed E-state index contributed by atoms with van der Waals surface area (Å²) in [4.78, 5) is 22.4. The van der Waals surface area contributed by atoms with Crippen molar-refractivity contribution in [2.45, 2.75) is 31.4 Å². The summed E-state index contributed by atoms with van der Waals surface area (Å²) in [7, 11) is 1.00. The first-order valence-electron chi connectivity index (χ1n) is 11.2. The normalized spacial score (nSPS) is 15.9. The van der Waals surface area contributed by atoms with Gasteiger partial charge < -0.3 is 20.1 Å². The molecule has 5 rings (SSSR count). The Morgan fingerprint density at radius 3 is 2.53 bits per heavy atom. The van der Waals surface area contributed by atoms with Crippen molar-refractivity contribution in [3.63, 3.8) is 0 Å². The molecule has 3 heterocycles. The summed E-state index contributed by atoms with van der Waals surface area (Å²) in [5.74, 6) is -0.0520. The molecule has 6 nitrogen and oxygen atoms in total. The summed E-state index contributed by atoms with van der Waals surface area (Å²) < 4.78 is 0. The number of aromatic nitrogens is 2. The van der Waals surface area contributed by atoms with Crippen LogP contribution in [0.2, 0.25) is 0 Å². The van der Waals surface area contributed by atoms with Gasteiger partial charge in [0.15, 0.2) is 0 Å². The summed E-state index contributed by atoms with van der Waals surface area (Å²) in [5, 5.41) is 21.1. The Morgan fingerprint density at radius 1 is 1.12 bits per heavy atom. The van der Waals surface area contributed by atoms with Gasteiger partial charge in [-0.3, -0.25) is 9.78 Å². The molecule has 2 N–H and O–H groups in total. The maximum absolute atomic E-state index is 13.2. The number of aliphatic hydroxyl groups is 1. The molecule has 0 saturated carbocycles. The molecule has 34 heavy (non-hydrogen) atoms. The van der Waals surface area contributed by atoms with E-state index in [-0.39, 0.29) is 63.3 Å². The van der Waals surface area contributed by atoms with Crippen LogP contribution in [0.5, 0.6) is 0 Å². The van der Waals surface area contributed by atoms with Gasteiger partial charge in [-0.2, -0.15) is 0 Å². The van der Waals surface area contributed by atoms with Crippen LogP contribution in [0, 0.1) is 0 Å². The number of benzene rings is 2. The molecule has 0 aliphatic carbocycles. The number of aliphatic hydroxyl groups excluding tert-OH is 1. The van der Waals surface area contributed by atoms with Gasteiger partial charge in [-0.1, -0.05) is 42.5 Å². The van der Waals surface area contributed by atoms with Crippen LogP contribution < -0.4 is 56.5 Å². The third-order valence-corrected chi connectivity index (χ3v) is 6.13. The molecule has 0 spiro atoms. The molecule has 1 saturated heterocycles. The molecule has 1 fully saturated rings. The van der Waals surface area contributed by atoms with Gasteiger partial charge in [0, 0.05) is 54.3 Å². The number of nitrogens with zero attached hydrogens (tertiary/aromatic N) is 2. The van der Waals surface area contributed by atoms with Crippen LogP contribution in [0.1, 0.15) is 28.9 Å². The molecule has 2 atom stereocenters. The fourth-order valence-electron chi connectivity index (χ4n) is 4.53. The smallest absolute Gasteiger partial charge is 0.850 e. The van der Waals surface area contributed by atoms with E-state index in [4.69, 9.17) is 5.11 Å². The molecule has 0 bridgehead atoms. The predicted molar refractivity (Wildman–Crippen MR) is 128 cm³/mol. The van der Waals surface area contributed by atoms with Crippen LogP contribution in [0.3, 0.4) is 0 Å². The fourth-order valence-corrected chi connectivity index (χ4v) is 4.53. The van der Waals surface area contributed by atoms with E-state index in [0.29, 0.717) is 18.5 Å². The molecule has 170 valence electrons. The Bertz CT molecular complexity index is 1160. The van der Waals surface area contributed by atoms with Gasteiger partial charge >= 0.3 is 51.4 Å². The quantitative estimate of drug-likeness (QED) is 0.404. The van der Waals surface area contributed by atoms with Crippen molar-refractivity contribution in [3.05, 3.63) is 90.4 Å². The van der Waals surface area contributed by atoms with Crippen molar-refractivity contribution in [3.8, 4) is 11.1 Å². The number of hydrogen-bond donors (Lipinski definition) is 2. The van der Waals surface area contributed by atoms with Crippen molar-refractivity contribution >= 4 is 16.8 Å². The molecule has 2 aromatic heterocycles. The van der Waals surface area contributed by atoms with E-state index in [2.05, 4.69) is 22.1 Å². The second-order valence-electron chi connectivity index (χ2n) is 8.15. The fraction of sp³-hybridized carbons (Fsp3) is 0.259. The van der Waals surface area contributed by atoms with Gasteiger partial charge in [0.25, 0.3) is 5.91 Å². The Morgan fingerprint density at radius 2 is 1.82 bits per heavy atom. The zero-order valence-corrected chi connectivity index (χ0v) is 22.8. The molecule has 2 aromatic carbocycles. The van der Waals surface area contributed by atoms with E-state index in [1.54, 1.807) is 17.3 Å². The number of aromatic amines is 1. The summed E-state index contributed by atoms with van der Waals surface area (Å²) in [6, 6.07) is 21.4. The number of hydrogen-bond acceptors (Lipinski definition) is 4. The van der Waals surface area contributed by atoms with Crippen LogP contribution in [-0.4, -0.2) is 51.7 Å². The first-order chi connectivity index (χ1) is 16.2. The Balaban J connectivity index is 0.00000105. The monoisotopic (exact) mass is 481 g/mol. The summed E-state index contributed by atoms with van der Waals surface area (Å²) in [6.07, 6.45) is 4.65. The van der Waals surface area contributed by atoms with Gasteiger partial charge in [-0.25, -0.2) is 0 Å². The topological polar surface area (TPSA) is 92.3 Å². The van der Waals surface area contributed by atoms with Crippen LogP contribution in [0.4, 0.5) is 0 Å². The summed E-state index contributed by atoms with van der Waals surface area (Å²) >= 11 is 0. The predicted octanol–water partition coefficient (Wildman–Crippen LogP) is 0.419. The molecule has 1 amide bonds. The van der Waals surface area contributed by atoms with Crippen LogP contribution in [0.15, 0.2) is 79.1 Å². The van der Waals surface area contributed by atoms with Gasteiger partial charge in [0.1, 0.15) is 0 Å². The molecule has 4 aromatic rings. The number of pyridine rings is 1. The molecular formula is C27H28KN3O3. The van der Waals surface area contributed by atoms with E-state index in [0.717, 1.165) is 47.7 Å². The number of rotatable bonds is 5. The summed E-state index contributed by atoms with van der Waals surface area (Å²) in [5.41, 5.74) is 4.71. The average Bonchev–Trinajstić information content (AvgIpc) is 3.52. The molecular weight excluding hydrogens is 453 g/mol. The Kier molecular flexibility index (Phi) is 10.0. The van der Waals surface area contributed by atoms with Crippen molar-refractivity contribution in [2.24, 2.45) is 0 Å². The number of carbonyl (C=O) groups excluding carboxylic acids is 1. The second kappa shape index (κ2) is 12.7. The first kappa shape index (κ1) is 26.8. The van der Waals surface area contributed by atoms with Gasteiger partial charge in [0.05, 0.1) is 0 Å². The first-order valence-corrected chi connectivity index (χ1v) is 11.2. The number of H-pyrrole nitrogens is 1. The summed E-state index contributed by atoms with van der Waals surface area (Å²) in [6.45, 7) is 0.638. The average molecular weight is 482 g/mol. The minimum absolute atomic E-state index is 0. The third-order valence-electron chi connectivity index (χ3n) is 6.13. The standard InChI is InChI=1S/C26H24N3O2.CH4O.K/c30-25(16-22-15-21-17-27-13-12-23(21)28-22)24-7-4-14-29(24)26(31)20-10-8-19(9-11-20)18-5-2-1-3-6-18;1-2;/h1-3,5-6,8-13,15,17,24-25,28H,4,7,14,16H2;2H,1H3;/q-1;;+1. The number of carbonyl (C=O) groups is 1. The second-order valence-corrected chi connectivity index (χ2v) is 8.15. The van der Waals surface area contributed by atoms with Crippen LogP contribution >= 0.6 is 0 Å². The number of nitrogens with one attached hydrogen (secondary N) is 1. The minimum Gasteiger partial charge on any atom is -0.850 e. The zero-order valence-electron chi connectivity index (χ0n) is 19.6. The molecule has 0 radical (unpaired) electrons. The van der Waals surface area contributed by atoms with E-state index in [1.165, 1.54) is 0 Å². The van der Waals surface area contributed by atoms with Gasteiger partial charge in [-0.15, -0.1) is 6.10 Å². The maximum Gasteiger partial charge on any atom is 1.00 e. The third kappa shape index (κ3) is 6.04. The van der Waals surface area contributed by atoms with E-state index >= 15 is 0 Å². The molecule has 2 unspecified atom stereocenters. The number of fused-ring (bicyclic) bond motifs is 1. The van der Waals surface area contributed by atoms with Gasteiger partial charge in [-0.05, 0) is 54.7 Å². The Hall–Kier alpha value is -1.84. The van der Waals surface area contributed by atoms with Crippen molar-refractivity contribution < 1.29 is 66.4 Å². The largest absolute Gasteiger partial charge is 1.00 e. The van der Waals surface area contributed by atoms with Crippen molar-refractivity contribution in [2.75, 3.05) is 13.7 Å². The van der Waals surface area contributed by atoms with Crippen molar-refractivity contribution in [1.82, 2.24) is 14.9 Å². The zero-order chi connectivity index (χ0) is 23.2. The Labute approximate surface area is 242 Å². The SMILES string of the molecule is CO.O=C(c1ccc(-c2ccccc2)cc1)N1CCCC1C([O-])Cc1cc2cnccc2[nH]1.[K+]. The minimum atomic E-state index is -0.865. The molecule has 1 aliphatic heterocycles. The van der Waals surface area contributed by atoms with Crippen molar-refractivity contribution in [1.29, 1.82) is 0 Å². The van der Waals surface area contributed by atoms with E-state index < -0.39 is 6.10 Å². The maximum atomic E-state index is 13.2. The van der Waals surface area contributed by atoms with E-state index in [9.17, 15) is 9.90 Å². The van der Waals surface area contributed by atoms with Crippen LogP contribution in [-0.2, 0) is 6.42 Å². The molecule has 7 heteroatoms. The molecule has 1 aliphatic rings. The van der Waals surface area contributed by atoms with Crippen LogP contribution in [0.25, 0.3) is 22.0 Å².